The summed E-state index contributed by atoms with van der Waals surface area (Å²) in [6.45, 7) is 2.04. The lowest BCUT2D eigenvalue weighted by Gasteiger charge is -2.28. The number of alkyl halides is 3. The van der Waals surface area contributed by atoms with Crippen LogP contribution in [-0.4, -0.2) is 92.8 Å². The Morgan fingerprint density at radius 3 is 1.93 bits per heavy atom. The summed E-state index contributed by atoms with van der Waals surface area (Å²) in [5.74, 6) is -3.51. The van der Waals surface area contributed by atoms with Crippen LogP contribution in [0.4, 0.5) is 29.6 Å². The van der Waals surface area contributed by atoms with Crippen molar-refractivity contribution >= 4 is 41.5 Å². The van der Waals surface area contributed by atoms with Gasteiger partial charge in [-0.2, -0.15) is 13.2 Å². The number of nitrogens with zero attached hydrogens (tertiary/aromatic N) is 4. The second kappa shape index (κ2) is 17.5. The third-order valence-corrected chi connectivity index (χ3v) is 7.90. The van der Waals surface area contributed by atoms with Crippen LogP contribution in [0.2, 0.25) is 0 Å². The highest BCUT2D eigenvalue weighted by atomic mass is 19.4. The average molecular weight is 766 g/mol. The first-order valence-corrected chi connectivity index (χ1v) is 16.7. The minimum atomic E-state index is -4.58. The van der Waals surface area contributed by atoms with Gasteiger partial charge in [0.25, 0.3) is 11.8 Å². The largest absolute Gasteiger partial charge is 0.513 e. The van der Waals surface area contributed by atoms with E-state index in [0.29, 0.717) is 0 Å². The van der Waals surface area contributed by atoms with Crippen LogP contribution in [-0.2, 0) is 35.4 Å². The number of halogens is 3. The van der Waals surface area contributed by atoms with Gasteiger partial charge in [-0.05, 0) is 49.7 Å². The van der Waals surface area contributed by atoms with Crippen molar-refractivity contribution in [3.05, 3.63) is 101 Å². The molecule has 17 heteroatoms. The van der Waals surface area contributed by atoms with Crippen LogP contribution in [0.1, 0.15) is 45.7 Å². The van der Waals surface area contributed by atoms with E-state index in [4.69, 9.17) is 18.9 Å². The molecule has 0 unspecified atom stereocenters. The maximum atomic E-state index is 13.7. The molecule has 0 aliphatic carbocycles. The topological polar surface area (TPSA) is 167 Å². The lowest BCUT2D eigenvalue weighted by Crippen LogP contribution is -2.50. The van der Waals surface area contributed by atoms with E-state index in [-0.39, 0.29) is 58.5 Å². The number of carbonyl (C=O) groups excluding carboxylic acids is 5. The number of aromatic nitrogens is 2. The molecule has 0 fully saturated rings. The van der Waals surface area contributed by atoms with Crippen molar-refractivity contribution < 1.29 is 56.1 Å². The zero-order chi connectivity index (χ0) is 40.5. The van der Waals surface area contributed by atoms with Crippen LogP contribution < -0.4 is 15.0 Å². The number of rotatable bonds is 13. The SMILES string of the molecule is CCOC(=O)C(COC(=O)Oc1ccc(NC(=O)c2cnc(N(C)C)nc2-c2ccc(C(F)(F)F)cc2)c(C(=O)N(C)C)c1)(C(=O)OCC)c1ccccc1. The zero-order valence-electron chi connectivity index (χ0n) is 30.7. The summed E-state index contributed by atoms with van der Waals surface area (Å²) < 4.78 is 60.8. The fourth-order valence-corrected chi connectivity index (χ4v) is 5.14. The highest BCUT2D eigenvalue weighted by Gasteiger charge is 2.52. The number of anilines is 2. The molecule has 0 aliphatic heterocycles. The van der Waals surface area contributed by atoms with E-state index in [1.807, 2.05) is 0 Å². The lowest BCUT2D eigenvalue weighted by molar-refractivity contribution is -0.167. The maximum absolute atomic E-state index is 13.7. The van der Waals surface area contributed by atoms with Gasteiger partial charge in [0, 0.05) is 40.0 Å². The zero-order valence-corrected chi connectivity index (χ0v) is 30.7. The summed E-state index contributed by atoms with van der Waals surface area (Å²) in [5.41, 5.74) is -3.03. The molecule has 0 saturated carbocycles. The number of ether oxygens (including phenoxy) is 4. The Morgan fingerprint density at radius 2 is 1.38 bits per heavy atom. The minimum Gasteiger partial charge on any atom is -0.465 e. The van der Waals surface area contributed by atoms with Gasteiger partial charge < -0.3 is 34.1 Å². The van der Waals surface area contributed by atoms with E-state index in [0.717, 1.165) is 18.2 Å². The van der Waals surface area contributed by atoms with Gasteiger partial charge in [0.2, 0.25) is 11.4 Å². The molecule has 0 bridgehead atoms. The molecule has 0 spiro atoms. The summed E-state index contributed by atoms with van der Waals surface area (Å²) in [4.78, 5) is 78.0. The van der Waals surface area contributed by atoms with Crippen molar-refractivity contribution in [2.24, 2.45) is 0 Å². The van der Waals surface area contributed by atoms with Crippen molar-refractivity contribution in [1.82, 2.24) is 14.9 Å². The lowest BCUT2D eigenvalue weighted by atomic mass is 9.81. The van der Waals surface area contributed by atoms with Crippen LogP contribution >= 0.6 is 0 Å². The van der Waals surface area contributed by atoms with E-state index >= 15 is 0 Å². The summed E-state index contributed by atoms with van der Waals surface area (Å²) in [7, 11) is 6.18. The molecule has 1 N–H and O–H groups in total. The Balaban J connectivity index is 1.64. The first kappa shape index (κ1) is 41.2. The van der Waals surface area contributed by atoms with E-state index in [2.05, 4.69) is 15.3 Å². The first-order valence-electron chi connectivity index (χ1n) is 16.7. The van der Waals surface area contributed by atoms with Gasteiger partial charge in [-0.3, -0.25) is 19.2 Å². The molecule has 3 aromatic carbocycles. The van der Waals surface area contributed by atoms with Crippen molar-refractivity contribution in [2.45, 2.75) is 25.4 Å². The number of nitrogens with one attached hydrogen (secondary N) is 1. The molecular formula is C38H38F3N5O9. The molecule has 0 aliphatic rings. The summed E-state index contributed by atoms with van der Waals surface area (Å²) in [6.07, 6.45) is -4.74. The van der Waals surface area contributed by atoms with Crippen molar-refractivity contribution in [1.29, 1.82) is 0 Å². The minimum absolute atomic E-state index is 0.0188. The summed E-state index contributed by atoms with van der Waals surface area (Å²) in [5, 5.41) is 2.62. The Morgan fingerprint density at radius 1 is 0.764 bits per heavy atom. The molecule has 4 rings (SSSR count). The van der Waals surface area contributed by atoms with Crippen LogP contribution in [0.15, 0.2) is 79.0 Å². The van der Waals surface area contributed by atoms with Crippen LogP contribution in [0.3, 0.4) is 0 Å². The van der Waals surface area contributed by atoms with Gasteiger partial charge in [0.05, 0.1) is 41.3 Å². The van der Waals surface area contributed by atoms with Gasteiger partial charge >= 0.3 is 24.3 Å². The second-order valence-electron chi connectivity index (χ2n) is 12.1. The molecule has 290 valence electrons. The number of carbonyl (C=O) groups is 5. The van der Waals surface area contributed by atoms with E-state index in [9.17, 15) is 37.1 Å². The molecule has 4 aromatic rings. The van der Waals surface area contributed by atoms with Gasteiger partial charge in [0.1, 0.15) is 12.4 Å². The average Bonchev–Trinajstić information content (AvgIpc) is 3.15. The molecule has 14 nitrogen and oxygen atoms in total. The third-order valence-electron chi connectivity index (χ3n) is 7.90. The van der Waals surface area contributed by atoms with Crippen LogP contribution in [0, 0.1) is 0 Å². The predicted molar refractivity (Wildman–Crippen MR) is 193 cm³/mol. The van der Waals surface area contributed by atoms with Gasteiger partial charge in [-0.1, -0.05) is 42.5 Å². The quantitative estimate of drug-likeness (QED) is 0.0758. The summed E-state index contributed by atoms with van der Waals surface area (Å²) in [6, 6.07) is 15.5. The standard InChI is InChI=1S/C38H38F3N5O9/c1-7-52-33(49)37(34(50)53-8-2,24-12-10-9-11-13-24)22-54-36(51)55-26-18-19-29(27(20-26)32(48)45(3)4)43-31(47)28-21-42-35(46(5)6)44-30(28)23-14-16-25(17-15-23)38(39,40)41/h9-21H,7-8,22H2,1-6H3,(H,43,47). The Hall–Kier alpha value is -6.52. The number of benzene rings is 3. The Bertz CT molecular complexity index is 2020. The number of hydrogen-bond donors (Lipinski definition) is 1. The predicted octanol–water partition coefficient (Wildman–Crippen LogP) is 5.76. The van der Waals surface area contributed by atoms with Crippen molar-refractivity contribution in [3.8, 4) is 17.0 Å². The van der Waals surface area contributed by atoms with Gasteiger partial charge in [0.15, 0.2) is 0 Å². The van der Waals surface area contributed by atoms with Crippen molar-refractivity contribution in [3.63, 3.8) is 0 Å². The summed E-state index contributed by atoms with van der Waals surface area (Å²) >= 11 is 0. The van der Waals surface area contributed by atoms with Crippen LogP contribution in [0.5, 0.6) is 5.75 Å². The molecule has 2 amide bonds. The molecule has 1 aromatic heterocycles. The number of esters is 2. The molecule has 1 heterocycles. The third kappa shape index (κ3) is 9.54. The molecular weight excluding hydrogens is 727 g/mol. The monoisotopic (exact) mass is 765 g/mol. The van der Waals surface area contributed by atoms with E-state index in [1.165, 1.54) is 61.6 Å². The van der Waals surface area contributed by atoms with E-state index < -0.39 is 53.7 Å². The van der Waals surface area contributed by atoms with Crippen molar-refractivity contribution in [2.75, 3.05) is 58.2 Å². The number of hydrogen-bond acceptors (Lipinski definition) is 12. The second-order valence-corrected chi connectivity index (χ2v) is 12.1. The van der Waals surface area contributed by atoms with Gasteiger partial charge in [-0.25, -0.2) is 14.8 Å². The highest BCUT2D eigenvalue weighted by Crippen LogP contribution is 2.33. The fourth-order valence-electron chi connectivity index (χ4n) is 5.14. The van der Waals surface area contributed by atoms with Crippen LogP contribution in [0.25, 0.3) is 11.3 Å². The maximum Gasteiger partial charge on any atom is 0.513 e. The normalized spacial score (nSPS) is 11.2. The fraction of sp³-hybridized carbons (Fsp3) is 0.289. The van der Waals surface area contributed by atoms with Gasteiger partial charge in [-0.15, -0.1) is 0 Å². The molecule has 0 saturated heterocycles. The molecule has 0 atom stereocenters. The Labute approximate surface area is 314 Å². The first-order chi connectivity index (χ1) is 26.0. The highest BCUT2D eigenvalue weighted by molar-refractivity contribution is 6.11. The number of amides is 2. The van der Waals surface area contributed by atoms with E-state index in [1.54, 1.807) is 51.0 Å². The smallest absolute Gasteiger partial charge is 0.465 e. The Kier molecular flexibility index (Phi) is 13.1. The molecule has 55 heavy (non-hydrogen) atoms. The molecule has 0 radical (unpaired) electrons.